The van der Waals surface area contributed by atoms with E-state index in [1.54, 1.807) is 0 Å². The molecule has 1 nitrogen and oxygen atoms in total. The van der Waals surface area contributed by atoms with Crippen LogP contribution in [-0.2, 0) is 10.8 Å². The van der Waals surface area contributed by atoms with Crippen molar-refractivity contribution in [2.24, 2.45) is 0 Å². The highest BCUT2D eigenvalue weighted by Gasteiger charge is 2.58. The van der Waals surface area contributed by atoms with Crippen molar-refractivity contribution in [2.75, 3.05) is 4.90 Å². The van der Waals surface area contributed by atoms with E-state index in [0.717, 1.165) is 5.69 Å². The van der Waals surface area contributed by atoms with Gasteiger partial charge in [0.1, 0.15) is 0 Å². The van der Waals surface area contributed by atoms with Gasteiger partial charge in [-0.15, -0.1) is 226 Å². The molecule has 8 aromatic rings. The molecule has 0 bridgehead atoms. The fourth-order valence-electron chi connectivity index (χ4n) is 11.6. The average molecular weight is 2130 g/mol. The van der Waals surface area contributed by atoms with E-state index in [-0.39, 0.29) is 165 Å². The smallest absolute Gasteiger partial charge is 0.0468 e. The van der Waals surface area contributed by atoms with Crippen LogP contribution in [0.4, 0.5) is 17.1 Å². The fraction of sp³-hybridized carbons (Fsp3) is 0.125. The van der Waals surface area contributed by atoms with Crippen LogP contribution in [0.2, 0.25) is 0 Å². The van der Waals surface area contributed by atoms with Crippen molar-refractivity contribution in [3.05, 3.63) is 174 Å². The third kappa shape index (κ3) is 22.2. The Kier molecular flexibility index (Phi) is 42.4. The molecule has 0 saturated carbocycles. The number of fused-ring (bicyclic) bond motifs is 9. The van der Waals surface area contributed by atoms with Gasteiger partial charge in [0.05, 0.1) is 0 Å². The van der Waals surface area contributed by atoms with Crippen molar-refractivity contribution in [3.63, 3.8) is 0 Å². The molecular formula is C48H85NP46S. The van der Waals surface area contributed by atoms with Crippen LogP contribution in [0.15, 0.2) is 152 Å². The van der Waals surface area contributed by atoms with Gasteiger partial charge in [0.15, 0.2) is 0 Å². The molecule has 48 heteroatoms. The second-order valence-electron chi connectivity index (χ2n) is 22.2. The third-order valence-corrected chi connectivity index (χ3v) is 330. The molecule has 2 aliphatic carbocycles. The Hall–Kier alpha value is 14.3. The van der Waals surface area contributed by atoms with E-state index in [9.17, 15) is 0 Å². The van der Waals surface area contributed by atoms with Gasteiger partial charge >= 0.3 is 0 Å². The van der Waals surface area contributed by atoms with Crippen LogP contribution in [-0.4, -0.2) is 0 Å². The molecule has 1 heterocycles. The summed E-state index contributed by atoms with van der Waals surface area (Å²) >= 11 is 1.89. The largest absolute Gasteiger partial charge is 0.310 e. The van der Waals surface area contributed by atoms with Crippen molar-refractivity contribution in [1.29, 1.82) is 0 Å². The van der Waals surface area contributed by atoms with Crippen LogP contribution >= 0.6 is 379 Å². The maximum atomic E-state index is 3.45. The van der Waals surface area contributed by atoms with Gasteiger partial charge in [-0.25, -0.2) is 0 Å². The predicted molar refractivity (Wildman–Crippen MR) is 600 cm³/mol. The van der Waals surface area contributed by atoms with Gasteiger partial charge in [-0.1, -0.05) is 137 Å². The van der Waals surface area contributed by atoms with Gasteiger partial charge in [0, 0.05) is 48.1 Å². The molecule has 2 aliphatic rings. The van der Waals surface area contributed by atoms with Crippen LogP contribution in [0.25, 0.3) is 53.6 Å². The zero-order chi connectivity index (χ0) is 70.5. The summed E-state index contributed by atoms with van der Waals surface area (Å²) in [5.74, 6) is 0. The van der Waals surface area contributed by atoms with Gasteiger partial charge in [-0.2, -0.15) is 0 Å². The van der Waals surface area contributed by atoms with E-state index >= 15 is 0 Å². The molecule has 0 fully saturated rings. The summed E-state index contributed by atoms with van der Waals surface area (Å²) in [6.07, 6.45) is 0. The predicted octanol–water partition coefficient (Wildman–Crippen LogP) is 40.6. The third-order valence-electron chi connectivity index (χ3n) is 15.4. The van der Waals surface area contributed by atoms with Crippen molar-refractivity contribution in [1.82, 2.24) is 0 Å². The Balaban J connectivity index is 0.000000227. The van der Waals surface area contributed by atoms with E-state index < -0.39 is 0 Å². The first kappa shape index (κ1) is 94.2. The van der Waals surface area contributed by atoms with E-state index in [4.69, 9.17) is 0 Å². The minimum Gasteiger partial charge on any atom is -0.310 e. The lowest BCUT2D eigenvalue weighted by molar-refractivity contribution is 0.660. The number of rotatable bonds is 25. The highest BCUT2D eigenvalue weighted by Crippen LogP contribution is 3.45. The molecule has 0 amide bonds. The lowest BCUT2D eigenvalue weighted by Gasteiger charge is -2.57. The van der Waals surface area contributed by atoms with E-state index in [0.29, 0.717) is 0 Å². The number of nitrogens with zero attached hydrogens (tertiary/aromatic N) is 1. The molecule has 10 rings (SSSR count). The van der Waals surface area contributed by atoms with Gasteiger partial charge in [-0.05, 0) is 252 Å². The number of anilines is 3. The first-order valence-electron chi connectivity index (χ1n) is 28.0. The van der Waals surface area contributed by atoms with Crippen molar-refractivity contribution >= 4 is 417 Å². The molecule has 7 aromatic carbocycles. The Morgan fingerprint density at radius 1 is 0.260 bits per heavy atom. The van der Waals surface area contributed by atoms with Gasteiger partial charge in [0.25, 0.3) is 0 Å². The van der Waals surface area contributed by atoms with Gasteiger partial charge in [0.2, 0.25) is 0 Å². The van der Waals surface area contributed by atoms with E-state index in [2.05, 4.69) is 399 Å². The summed E-state index contributed by atoms with van der Waals surface area (Å²) in [5.41, 5.74) is 16.8. The molecular weight excluding hydrogens is 2050 g/mol. The van der Waals surface area contributed by atoms with E-state index in [1.165, 1.54) is 87.2 Å². The Bertz CT molecular complexity index is 3620. The molecule has 0 spiro atoms. The Labute approximate surface area is 659 Å². The zero-order valence-electron chi connectivity index (χ0n) is 52.5. The number of thiophene rings is 1. The SMILES string of the molecule is CC1(C)c2ccccc2-c2cc(N(c3ccc(-c4cccc5c4sc4ccccc45)cc3)c3ccc4c(c3)-c3ccccc3C4(C)C)ccc21.PP(P)P(P(P)P)P(P(P(P)P)P(P)P)P(P(P(P(P)P)P(P)P)P(P(P)P)P(P)P)P(P(P(P)P)P(P)P)P(P(P)P)P(P)P. The van der Waals surface area contributed by atoms with Gasteiger partial charge < -0.3 is 4.90 Å². The van der Waals surface area contributed by atoms with Crippen molar-refractivity contribution < 1.29 is 0 Å². The van der Waals surface area contributed by atoms with Crippen LogP contribution in [0, 0.1) is 0 Å². The monoisotopic (exact) mass is 2130 g/mol. The highest BCUT2D eigenvalue weighted by molar-refractivity contribution is 9.51. The molecule has 24 unspecified atom stereocenters. The molecule has 1 aromatic heterocycles. The first-order chi connectivity index (χ1) is 45.2. The molecule has 96 heavy (non-hydrogen) atoms. The second-order valence-corrected chi connectivity index (χ2v) is 212. The first-order valence-corrected chi connectivity index (χ1v) is 112. The summed E-state index contributed by atoms with van der Waals surface area (Å²) in [4.78, 5) is 2.45. The minimum absolute atomic E-state index is 0.0343. The summed E-state index contributed by atoms with van der Waals surface area (Å²) in [6, 6.07) is 56.7. The Morgan fingerprint density at radius 3 is 0.896 bits per heavy atom. The lowest BCUT2D eigenvalue weighted by Crippen LogP contribution is -2.16. The normalized spacial score (nSPS) is 14.6. The zero-order valence-corrected chi connectivity index (χ0v) is 101. The maximum absolute atomic E-state index is 3.45. The topological polar surface area (TPSA) is 3.24 Å². The Morgan fingerprint density at radius 2 is 0.542 bits per heavy atom. The van der Waals surface area contributed by atoms with Crippen LogP contribution in [0.3, 0.4) is 0 Å². The average Bonchev–Trinajstić information content (AvgIpc) is 1.32. The minimum atomic E-state index is -0.168. The highest BCUT2D eigenvalue weighted by atomic mass is 33.6. The molecule has 0 N–H and O–H groups in total. The number of hydrogen-bond donors (Lipinski definition) is 0. The summed E-state index contributed by atoms with van der Waals surface area (Å²) < 4.78 is 2.68. The molecule has 24 atom stereocenters. The number of hydrogen-bond acceptors (Lipinski definition) is 2. The second kappa shape index (κ2) is 43.2. The summed E-state index contributed by atoms with van der Waals surface area (Å²) in [6.45, 7) is 6.32. The summed E-state index contributed by atoms with van der Waals surface area (Å²) in [5, 5.41) is 2.66. The van der Waals surface area contributed by atoms with Crippen LogP contribution in [0.1, 0.15) is 49.9 Å². The van der Waals surface area contributed by atoms with Gasteiger partial charge in [-0.3, -0.25) is 0 Å². The molecule has 0 aliphatic heterocycles. The van der Waals surface area contributed by atoms with E-state index in [1.807, 2.05) is 11.3 Å². The quantitative estimate of drug-likeness (QED) is 0.0516. The maximum Gasteiger partial charge on any atom is 0.0468 e. The molecule has 518 valence electrons. The fourth-order valence-corrected chi connectivity index (χ4v) is 662. The number of benzene rings is 7. The van der Waals surface area contributed by atoms with Crippen LogP contribution in [0.5, 0.6) is 0 Å². The van der Waals surface area contributed by atoms with Crippen molar-refractivity contribution in [3.8, 4) is 33.4 Å². The molecule has 0 saturated heterocycles. The van der Waals surface area contributed by atoms with Crippen LogP contribution < -0.4 is 4.90 Å². The molecule has 0 radical (unpaired) electrons. The van der Waals surface area contributed by atoms with Crippen molar-refractivity contribution in [2.45, 2.75) is 38.5 Å². The standard InChI is InChI=1S/C48H37NS.H48P46/c1-47(2)41-17-8-5-12-35(41)39-28-32(24-26-43(39)47)49(33-25-27-44-40(29-33)36-13-6-9-18-42(36)48(44,3)4)31-22-20-30(21-23-31)34-15-11-16-38-37-14-7-10-19-45(37)50-46(34)38;1-25(2)37(26(3)4)43(38(27(5)6)28(7)8)46(44(39(29(9)10)30(11)12)40(31(13)14)32(15)16)45(41(33(17)18)34(19)20)42(35(21)22)36(23)24/h5-29H,1-4H3;1-24H2. The lowest BCUT2D eigenvalue weighted by atomic mass is 9.82. The summed E-state index contributed by atoms with van der Waals surface area (Å²) in [7, 11) is 82.7.